The molecule has 2 heterocycles. The molecule has 1 aromatic heterocycles. The Balaban J connectivity index is 1.70. The van der Waals surface area contributed by atoms with Gasteiger partial charge in [-0.15, -0.1) is 5.10 Å². The summed E-state index contributed by atoms with van der Waals surface area (Å²) >= 11 is 0. The highest BCUT2D eigenvalue weighted by Gasteiger charge is 2.26. The molecule has 3 rings (SSSR count). The number of carbonyl (C=O) groups excluding carboxylic acids is 1. The molecule has 1 aromatic carbocycles. The SMILES string of the molecule is COCCOc1ccc(-n2nc(C)c(C(=O)N(C)C3CCNCC3)n2)cc1. The van der Waals surface area contributed by atoms with Crippen LogP contribution in [0.3, 0.4) is 0 Å². The second kappa shape index (κ2) is 8.96. The van der Waals surface area contributed by atoms with Crippen LogP contribution in [0.25, 0.3) is 5.69 Å². The summed E-state index contributed by atoms with van der Waals surface area (Å²) in [6.45, 7) is 4.73. The lowest BCUT2D eigenvalue weighted by Gasteiger charge is -2.31. The number of amides is 1. The van der Waals surface area contributed by atoms with E-state index in [1.807, 2.05) is 38.2 Å². The van der Waals surface area contributed by atoms with Crippen molar-refractivity contribution in [1.82, 2.24) is 25.2 Å². The summed E-state index contributed by atoms with van der Waals surface area (Å²) in [7, 11) is 3.49. The minimum Gasteiger partial charge on any atom is -0.491 e. The Morgan fingerprint density at radius 1 is 1.22 bits per heavy atom. The van der Waals surface area contributed by atoms with Gasteiger partial charge >= 0.3 is 0 Å². The van der Waals surface area contributed by atoms with Crippen molar-refractivity contribution in [3.8, 4) is 11.4 Å². The van der Waals surface area contributed by atoms with Crippen molar-refractivity contribution in [3.63, 3.8) is 0 Å². The molecule has 1 fully saturated rings. The highest BCUT2D eigenvalue weighted by atomic mass is 16.5. The Labute approximate surface area is 159 Å². The Hall–Kier alpha value is -2.45. The molecule has 0 bridgehead atoms. The first-order valence-corrected chi connectivity index (χ1v) is 9.24. The van der Waals surface area contributed by atoms with Crippen molar-refractivity contribution in [2.24, 2.45) is 0 Å². The minimum atomic E-state index is -0.0785. The predicted molar refractivity (Wildman–Crippen MR) is 101 cm³/mol. The lowest BCUT2D eigenvalue weighted by atomic mass is 10.0. The van der Waals surface area contributed by atoms with Gasteiger partial charge in [-0.2, -0.15) is 9.90 Å². The molecule has 0 saturated carbocycles. The van der Waals surface area contributed by atoms with E-state index in [9.17, 15) is 4.79 Å². The second-order valence-corrected chi connectivity index (χ2v) is 6.66. The molecule has 2 aromatic rings. The molecule has 0 atom stereocenters. The topological polar surface area (TPSA) is 81.5 Å². The summed E-state index contributed by atoms with van der Waals surface area (Å²) in [6.07, 6.45) is 1.92. The van der Waals surface area contributed by atoms with E-state index in [1.165, 1.54) is 4.80 Å². The molecule has 0 spiro atoms. The summed E-state index contributed by atoms with van der Waals surface area (Å²) < 4.78 is 10.5. The molecule has 27 heavy (non-hydrogen) atoms. The van der Waals surface area contributed by atoms with Gasteiger partial charge in [0.05, 0.1) is 18.0 Å². The van der Waals surface area contributed by atoms with Gasteiger partial charge in [0.2, 0.25) is 0 Å². The fraction of sp³-hybridized carbons (Fsp3) is 0.526. The Morgan fingerprint density at radius 3 is 2.59 bits per heavy atom. The van der Waals surface area contributed by atoms with Crippen LogP contribution in [0.4, 0.5) is 0 Å². The van der Waals surface area contributed by atoms with Crippen LogP contribution in [0.5, 0.6) is 5.75 Å². The smallest absolute Gasteiger partial charge is 0.276 e. The lowest BCUT2D eigenvalue weighted by molar-refractivity contribution is 0.0696. The number of benzene rings is 1. The quantitative estimate of drug-likeness (QED) is 0.740. The van der Waals surface area contributed by atoms with Gasteiger partial charge in [-0.3, -0.25) is 4.79 Å². The molecule has 8 heteroatoms. The molecule has 1 aliphatic heterocycles. The highest BCUT2D eigenvalue weighted by molar-refractivity contribution is 5.93. The van der Waals surface area contributed by atoms with Gasteiger partial charge in [-0.1, -0.05) is 0 Å². The van der Waals surface area contributed by atoms with Crippen molar-refractivity contribution in [1.29, 1.82) is 0 Å². The zero-order valence-electron chi connectivity index (χ0n) is 16.1. The van der Waals surface area contributed by atoms with Crippen LogP contribution in [0.15, 0.2) is 24.3 Å². The van der Waals surface area contributed by atoms with Crippen LogP contribution < -0.4 is 10.1 Å². The van der Waals surface area contributed by atoms with E-state index in [1.54, 1.807) is 12.0 Å². The zero-order valence-corrected chi connectivity index (χ0v) is 16.1. The van der Waals surface area contributed by atoms with Crippen molar-refractivity contribution >= 4 is 5.91 Å². The molecular formula is C19H27N5O3. The molecule has 0 radical (unpaired) electrons. The van der Waals surface area contributed by atoms with Crippen LogP contribution >= 0.6 is 0 Å². The van der Waals surface area contributed by atoms with Crippen LogP contribution in [-0.2, 0) is 4.74 Å². The van der Waals surface area contributed by atoms with Gasteiger partial charge in [0.1, 0.15) is 12.4 Å². The summed E-state index contributed by atoms with van der Waals surface area (Å²) in [5.74, 6) is 0.673. The van der Waals surface area contributed by atoms with Gasteiger partial charge in [-0.05, 0) is 57.1 Å². The maximum Gasteiger partial charge on any atom is 0.276 e. The van der Waals surface area contributed by atoms with Gasteiger partial charge < -0.3 is 19.7 Å². The molecule has 146 valence electrons. The van der Waals surface area contributed by atoms with Crippen LogP contribution in [0.1, 0.15) is 29.0 Å². The average Bonchev–Trinajstić information content (AvgIpc) is 3.10. The number of carbonyl (C=O) groups is 1. The third-order valence-electron chi connectivity index (χ3n) is 4.79. The molecule has 0 unspecified atom stereocenters. The molecule has 1 amide bonds. The summed E-state index contributed by atoms with van der Waals surface area (Å²) in [5, 5.41) is 12.2. The van der Waals surface area contributed by atoms with Crippen molar-refractivity contribution in [2.45, 2.75) is 25.8 Å². The van der Waals surface area contributed by atoms with E-state index < -0.39 is 0 Å². The van der Waals surface area contributed by atoms with E-state index >= 15 is 0 Å². The lowest BCUT2D eigenvalue weighted by Crippen LogP contribution is -2.44. The number of ether oxygens (including phenoxy) is 2. The van der Waals surface area contributed by atoms with E-state index in [2.05, 4.69) is 15.5 Å². The normalized spacial score (nSPS) is 14.9. The van der Waals surface area contributed by atoms with E-state index in [0.717, 1.165) is 37.4 Å². The third kappa shape index (κ3) is 4.64. The van der Waals surface area contributed by atoms with Gasteiger partial charge in [0.15, 0.2) is 5.69 Å². The number of hydrogen-bond donors (Lipinski definition) is 1. The Morgan fingerprint density at radius 2 is 1.93 bits per heavy atom. The van der Waals surface area contributed by atoms with Gasteiger partial charge in [-0.25, -0.2) is 0 Å². The Bertz CT molecular complexity index is 753. The molecule has 1 aliphatic rings. The fourth-order valence-corrected chi connectivity index (χ4v) is 3.14. The van der Waals surface area contributed by atoms with Crippen LogP contribution in [-0.4, -0.2) is 72.3 Å². The van der Waals surface area contributed by atoms with Crippen LogP contribution in [0, 0.1) is 6.92 Å². The molecule has 1 N–H and O–H groups in total. The fourth-order valence-electron chi connectivity index (χ4n) is 3.14. The number of methoxy groups -OCH3 is 1. The highest BCUT2D eigenvalue weighted by Crippen LogP contribution is 2.17. The maximum absolute atomic E-state index is 12.9. The van der Waals surface area contributed by atoms with Crippen molar-refractivity contribution in [3.05, 3.63) is 35.7 Å². The summed E-state index contributed by atoms with van der Waals surface area (Å²) in [5.41, 5.74) is 1.80. The van der Waals surface area contributed by atoms with Gasteiger partial charge in [0.25, 0.3) is 5.91 Å². The first-order valence-electron chi connectivity index (χ1n) is 9.24. The van der Waals surface area contributed by atoms with Crippen molar-refractivity contribution < 1.29 is 14.3 Å². The van der Waals surface area contributed by atoms with E-state index in [-0.39, 0.29) is 11.9 Å². The Kier molecular flexibility index (Phi) is 6.41. The summed E-state index contributed by atoms with van der Waals surface area (Å²) in [4.78, 5) is 16.2. The number of rotatable bonds is 7. The molecule has 0 aliphatic carbocycles. The number of hydrogen-bond acceptors (Lipinski definition) is 6. The van der Waals surface area contributed by atoms with Crippen LogP contribution in [0.2, 0.25) is 0 Å². The largest absolute Gasteiger partial charge is 0.491 e. The third-order valence-corrected chi connectivity index (χ3v) is 4.79. The number of aromatic nitrogens is 3. The molecule has 1 saturated heterocycles. The first-order chi connectivity index (χ1) is 13.1. The second-order valence-electron chi connectivity index (χ2n) is 6.66. The van der Waals surface area contributed by atoms with E-state index in [0.29, 0.717) is 24.6 Å². The molecular weight excluding hydrogens is 346 g/mol. The average molecular weight is 373 g/mol. The number of piperidine rings is 1. The monoisotopic (exact) mass is 373 g/mol. The number of nitrogens with one attached hydrogen (secondary N) is 1. The summed E-state index contributed by atoms with van der Waals surface area (Å²) in [6, 6.07) is 7.68. The predicted octanol–water partition coefficient (Wildman–Crippen LogP) is 1.42. The minimum absolute atomic E-state index is 0.0785. The first kappa shape index (κ1) is 19.3. The molecule has 8 nitrogen and oxygen atoms in total. The maximum atomic E-state index is 12.9. The van der Waals surface area contributed by atoms with Gasteiger partial charge in [0, 0.05) is 20.2 Å². The number of nitrogens with zero attached hydrogens (tertiary/aromatic N) is 4. The van der Waals surface area contributed by atoms with Crippen molar-refractivity contribution in [2.75, 3.05) is 40.5 Å². The van der Waals surface area contributed by atoms with E-state index in [4.69, 9.17) is 9.47 Å². The number of aryl methyl sites for hydroxylation is 1. The standard InChI is InChI=1S/C19H27N5O3/c1-14-18(19(25)23(2)15-8-10-20-11-9-15)22-24(21-14)16-4-6-17(7-5-16)27-13-12-26-3/h4-7,15,20H,8-13H2,1-3H3. The zero-order chi connectivity index (χ0) is 19.2.